The molecule has 0 aromatic rings. The van der Waals surface area contributed by atoms with E-state index in [0.29, 0.717) is 10.8 Å². The van der Waals surface area contributed by atoms with Crippen molar-refractivity contribution >= 4 is 0 Å². The predicted molar refractivity (Wildman–Crippen MR) is 166 cm³/mol. The lowest BCUT2D eigenvalue weighted by atomic mass is 9.46. The van der Waals surface area contributed by atoms with Crippen molar-refractivity contribution in [2.75, 3.05) is 0 Å². The molecule has 0 nitrogen and oxygen atoms in total. The van der Waals surface area contributed by atoms with Crippen LogP contribution in [-0.4, -0.2) is 0 Å². The summed E-state index contributed by atoms with van der Waals surface area (Å²) in [4.78, 5) is 0. The van der Waals surface area contributed by atoms with E-state index in [1.54, 1.807) is 44.9 Å². The Hall–Kier alpha value is -0.260. The maximum Gasteiger partial charge on any atom is -0.00851 e. The maximum absolute atomic E-state index is 2.80. The van der Waals surface area contributed by atoms with Gasteiger partial charge in [-0.05, 0) is 123 Å². The van der Waals surface area contributed by atoms with Crippen LogP contribution in [0.25, 0.3) is 0 Å². The molecule has 5 aliphatic rings. The summed E-state index contributed by atoms with van der Waals surface area (Å²) in [6.45, 7) is 18.9. The van der Waals surface area contributed by atoms with Gasteiger partial charge < -0.3 is 0 Å². The Kier molecular flexibility index (Phi) is 12.2. The van der Waals surface area contributed by atoms with Gasteiger partial charge in [-0.2, -0.15) is 0 Å². The van der Waals surface area contributed by atoms with Gasteiger partial charge in [0.2, 0.25) is 0 Å². The minimum atomic E-state index is 0.574. The quantitative estimate of drug-likeness (QED) is 0.224. The van der Waals surface area contributed by atoms with Crippen LogP contribution in [0.2, 0.25) is 0 Å². The van der Waals surface area contributed by atoms with Gasteiger partial charge in [0.15, 0.2) is 0 Å². The first-order valence-corrected chi connectivity index (χ1v) is 17.4. The molecule has 7 atom stereocenters. The molecule has 0 heteroatoms. The summed E-state index contributed by atoms with van der Waals surface area (Å²) < 4.78 is 0. The fourth-order valence-corrected chi connectivity index (χ4v) is 9.19. The summed E-state index contributed by atoms with van der Waals surface area (Å²) in [7, 11) is 0. The van der Waals surface area contributed by atoms with Crippen molar-refractivity contribution in [2.45, 2.75) is 171 Å². The Balaban J connectivity index is 0.000000420. The van der Waals surface area contributed by atoms with Gasteiger partial charge in [-0.25, -0.2) is 0 Å². The highest BCUT2D eigenvalue weighted by Crippen LogP contribution is 2.67. The highest BCUT2D eigenvalue weighted by Gasteiger charge is 2.58. The van der Waals surface area contributed by atoms with E-state index in [4.69, 9.17) is 0 Å². The molecule has 0 N–H and O–H groups in total. The first-order chi connectivity index (χ1) is 17.7. The minimum absolute atomic E-state index is 0.574. The minimum Gasteiger partial charge on any atom is -0.0845 e. The SMILES string of the molecule is CC(C)CCCCC1CCC2C3CC=C4CC(C5CC5)CCC4(C)C3CCC12C.CCCC.CCCC. The summed E-state index contributed by atoms with van der Waals surface area (Å²) in [6, 6.07) is 0. The van der Waals surface area contributed by atoms with Crippen LogP contribution in [0.3, 0.4) is 0 Å². The lowest BCUT2D eigenvalue weighted by Gasteiger charge is -2.58. The van der Waals surface area contributed by atoms with E-state index in [1.807, 2.05) is 5.57 Å². The van der Waals surface area contributed by atoms with Crippen LogP contribution in [0.1, 0.15) is 171 Å². The van der Waals surface area contributed by atoms with Crippen molar-refractivity contribution in [3.8, 4) is 0 Å². The molecule has 37 heavy (non-hydrogen) atoms. The molecular formula is C37H68. The normalized spacial score (nSPS) is 38.3. The molecule has 4 saturated carbocycles. The van der Waals surface area contributed by atoms with E-state index in [0.717, 1.165) is 41.4 Å². The zero-order valence-electron chi connectivity index (χ0n) is 26.8. The smallest absolute Gasteiger partial charge is 0.00851 e. The fourth-order valence-electron chi connectivity index (χ4n) is 9.19. The summed E-state index contributed by atoms with van der Waals surface area (Å²) in [5.74, 6) is 7.15. The highest BCUT2D eigenvalue weighted by atomic mass is 14.6. The number of allylic oxidation sites excluding steroid dienone is 2. The van der Waals surface area contributed by atoms with E-state index in [1.165, 1.54) is 70.6 Å². The van der Waals surface area contributed by atoms with Crippen LogP contribution in [0.5, 0.6) is 0 Å². The van der Waals surface area contributed by atoms with Crippen molar-refractivity contribution in [1.29, 1.82) is 0 Å². The van der Waals surface area contributed by atoms with Gasteiger partial charge in [-0.15, -0.1) is 0 Å². The van der Waals surface area contributed by atoms with Crippen LogP contribution in [0, 0.1) is 52.3 Å². The zero-order chi connectivity index (χ0) is 27.1. The maximum atomic E-state index is 2.80. The molecule has 0 amide bonds. The summed E-state index contributed by atoms with van der Waals surface area (Å²) >= 11 is 0. The molecule has 216 valence electrons. The molecule has 7 unspecified atom stereocenters. The highest BCUT2D eigenvalue weighted by molar-refractivity contribution is 5.25. The van der Waals surface area contributed by atoms with Crippen LogP contribution in [0.15, 0.2) is 11.6 Å². The average Bonchev–Trinajstić information content (AvgIpc) is 3.69. The first-order valence-electron chi connectivity index (χ1n) is 17.4. The first kappa shape index (κ1) is 31.3. The molecule has 0 aromatic carbocycles. The lowest BCUT2D eigenvalue weighted by Crippen LogP contribution is -2.50. The van der Waals surface area contributed by atoms with Gasteiger partial charge in [-0.1, -0.05) is 112 Å². The second-order valence-corrected chi connectivity index (χ2v) is 15.1. The molecule has 0 heterocycles. The molecule has 4 fully saturated rings. The topological polar surface area (TPSA) is 0 Å². The summed E-state index contributed by atoms with van der Waals surface area (Å²) in [6.07, 6.45) is 29.2. The summed E-state index contributed by atoms with van der Waals surface area (Å²) in [5.41, 5.74) is 3.17. The van der Waals surface area contributed by atoms with E-state index in [9.17, 15) is 0 Å². The second-order valence-electron chi connectivity index (χ2n) is 15.1. The zero-order valence-corrected chi connectivity index (χ0v) is 26.8. The van der Waals surface area contributed by atoms with E-state index in [-0.39, 0.29) is 0 Å². The Morgan fingerprint density at radius 2 is 1.43 bits per heavy atom. The van der Waals surface area contributed by atoms with Crippen molar-refractivity contribution in [3.63, 3.8) is 0 Å². The van der Waals surface area contributed by atoms with Gasteiger partial charge >= 0.3 is 0 Å². The Morgan fingerprint density at radius 3 is 2.03 bits per heavy atom. The van der Waals surface area contributed by atoms with E-state index >= 15 is 0 Å². The summed E-state index contributed by atoms with van der Waals surface area (Å²) in [5, 5.41) is 0. The van der Waals surface area contributed by atoms with Crippen LogP contribution < -0.4 is 0 Å². The molecule has 0 aromatic heterocycles. The van der Waals surface area contributed by atoms with Gasteiger partial charge in [-0.3, -0.25) is 0 Å². The monoisotopic (exact) mass is 513 g/mol. The Morgan fingerprint density at radius 1 is 0.757 bits per heavy atom. The Bertz CT molecular complexity index is 674. The molecule has 5 rings (SSSR count). The molecule has 0 aliphatic heterocycles. The van der Waals surface area contributed by atoms with E-state index < -0.39 is 0 Å². The third kappa shape index (κ3) is 7.48. The van der Waals surface area contributed by atoms with Gasteiger partial charge in [0, 0.05) is 0 Å². The van der Waals surface area contributed by atoms with Crippen LogP contribution in [0.4, 0.5) is 0 Å². The third-order valence-electron chi connectivity index (χ3n) is 12.2. The van der Waals surface area contributed by atoms with Crippen molar-refractivity contribution in [3.05, 3.63) is 11.6 Å². The average molecular weight is 513 g/mol. The lowest BCUT2D eigenvalue weighted by molar-refractivity contribution is -0.0462. The van der Waals surface area contributed by atoms with Crippen LogP contribution >= 0.6 is 0 Å². The van der Waals surface area contributed by atoms with Crippen molar-refractivity contribution < 1.29 is 0 Å². The Labute approximate surface area is 234 Å². The van der Waals surface area contributed by atoms with Gasteiger partial charge in [0.25, 0.3) is 0 Å². The third-order valence-corrected chi connectivity index (χ3v) is 12.2. The molecule has 0 radical (unpaired) electrons. The van der Waals surface area contributed by atoms with Crippen molar-refractivity contribution in [1.82, 2.24) is 0 Å². The molecule has 5 aliphatic carbocycles. The fraction of sp³-hybridized carbons (Fsp3) is 0.946. The molecule has 0 spiro atoms. The van der Waals surface area contributed by atoms with E-state index in [2.05, 4.69) is 61.5 Å². The predicted octanol–water partition coefficient (Wildman–Crippen LogP) is 12.4. The van der Waals surface area contributed by atoms with Gasteiger partial charge in [0.05, 0.1) is 0 Å². The number of hydrogen-bond acceptors (Lipinski definition) is 0. The second kappa shape index (κ2) is 14.4. The number of hydrogen-bond donors (Lipinski definition) is 0. The number of rotatable bonds is 8. The van der Waals surface area contributed by atoms with Gasteiger partial charge in [0.1, 0.15) is 0 Å². The van der Waals surface area contributed by atoms with Crippen molar-refractivity contribution in [2.24, 2.45) is 52.3 Å². The molecular weight excluding hydrogens is 444 g/mol. The molecule has 0 bridgehead atoms. The largest absolute Gasteiger partial charge is 0.0845 e. The number of unbranched alkanes of at least 4 members (excludes halogenated alkanes) is 3. The molecule has 0 saturated heterocycles. The number of fused-ring (bicyclic) bond motifs is 5. The van der Waals surface area contributed by atoms with Crippen LogP contribution in [-0.2, 0) is 0 Å². The standard InChI is InChI=1S/C29H48.2C4H10/c1-20(2)7-5-6-8-23-12-14-26-25-13-11-24-19-22(21-9-10-21)15-17-29(24,4)27(25)16-18-28(23,26)3;2*1-3-4-2/h11,20-23,25-27H,5-10,12-19H2,1-4H3;2*3-4H2,1-2H3.